The second kappa shape index (κ2) is 5.13. The molecule has 0 amide bonds. The molecular weight excluding hydrogens is 250 g/mol. The lowest BCUT2D eigenvalue weighted by Crippen LogP contribution is -2.03. The highest BCUT2D eigenvalue weighted by atomic mass is 16.5. The van der Waals surface area contributed by atoms with Crippen LogP contribution in [0.5, 0.6) is 5.75 Å². The molecule has 0 aliphatic heterocycles. The van der Waals surface area contributed by atoms with Gasteiger partial charge in [-0.05, 0) is 29.7 Å². The normalized spacial score (nSPS) is 10.4. The van der Waals surface area contributed by atoms with Crippen LogP contribution in [-0.2, 0) is 0 Å². The molecule has 0 aliphatic rings. The third-order valence-electron chi connectivity index (χ3n) is 3.27. The van der Waals surface area contributed by atoms with Crippen LogP contribution in [0.1, 0.15) is 15.9 Å². The number of ketones is 1. The van der Waals surface area contributed by atoms with Gasteiger partial charge in [0, 0.05) is 28.9 Å². The summed E-state index contributed by atoms with van der Waals surface area (Å²) >= 11 is 0. The van der Waals surface area contributed by atoms with E-state index < -0.39 is 0 Å². The number of methoxy groups -OCH3 is 1. The fourth-order valence-corrected chi connectivity index (χ4v) is 2.30. The molecule has 0 unspecified atom stereocenters. The molecule has 3 rings (SSSR count). The first-order valence-electron chi connectivity index (χ1n) is 6.31. The van der Waals surface area contributed by atoms with E-state index in [1.54, 1.807) is 37.7 Å². The zero-order valence-electron chi connectivity index (χ0n) is 11.0. The monoisotopic (exact) mass is 263 g/mol. The zero-order valence-corrected chi connectivity index (χ0v) is 11.0. The van der Waals surface area contributed by atoms with Gasteiger partial charge in [0.15, 0.2) is 5.78 Å². The van der Waals surface area contributed by atoms with Crippen LogP contribution in [0.3, 0.4) is 0 Å². The largest absolute Gasteiger partial charge is 0.496 e. The molecule has 0 aliphatic carbocycles. The molecule has 20 heavy (non-hydrogen) atoms. The second-order valence-electron chi connectivity index (χ2n) is 4.43. The number of benzene rings is 2. The van der Waals surface area contributed by atoms with Gasteiger partial charge in [-0.25, -0.2) is 0 Å². The van der Waals surface area contributed by atoms with Gasteiger partial charge in [0.25, 0.3) is 0 Å². The van der Waals surface area contributed by atoms with Crippen LogP contribution in [-0.4, -0.2) is 17.9 Å². The summed E-state index contributed by atoms with van der Waals surface area (Å²) in [5, 5.41) is 1.82. The van der Waals surface area contributed by atoms with Gasteiger partial charge >= 0.3 is 0 Å². The first kappa shape index (κ1) is 12.4. The van der Waals surface area contributed by atoms with Crippen LogP contribution in [0.2, 0.25) is 0 Å². The molecule has 0 radical (unpaired) electrons. The molecule has 1 heterocycles. The third-order valence-corrected chi connectivity index (χ3v) is 3.27. The highest BCUT2D eigenvalue weighted by molar-refractivity contribution is 6.17. The number of hydrogen-bond donors (Lipinski definition) is 0. The van der Waals surface area contributed by atoms with E-state index in [4.69, 9.17) is 4.74 Å². The van der Waals surface area contributed by atoms with Gasteiger partial charge < -0.3 is 4.74 Å². The van der Waals surface area contributed by atoms with Gasteiger partial charge in [-0.3, -0.25) is 9.78 Å². The van der Waals surface area contributed by atoms with Crippen molar-refractivity contribution in [2.75, 3.05) is 7.11 Å². The molecule has 1 aromatic heterocycles. The Labute approximate surface area is 116 Å². The molecule has 0 fully saturated rings. The molecule has 3 heteroatoms. The fraction of sp³-hybridized carbons (Fsp3) is 0.0588. The highest BCUT2D eigenvalue weighted by Gasteiger charge is 2.14. The van der Waals surface area contributed by atoms with Crippen molar-refractivity contribution in [1.82, 2.24) is 4.98 Å². The van der Waals surface area contributed by atoms with Crippen LogP contribution in [0.15, 0.2) is 60.9 Å². The van der Waals surface area contributed by atoms with E-state index in [2.05, 4.69) is 4.98 Å². The van der Waals surface area contributed by atoms with Gasteiger partial charge in [-0.2, -0.15) is 0 Å². The summed E-state index contributed by atoms with van der Waals surface area (Å²) in [6.07, 6.45) is 3.24. The molecule has 0 bridgehead atoms. The first-order chi connectivity index (χ1) is 9.81. The van der Waals surface area contributed by atoms with Crippen molar-refractivity contribution in [3.63, 3.8) is 0 Å². The summed E-state index contributed by atoms with van der Waals surface area (Å²) < 4.78 is 5.34. The number of carbonyl (C=O) groups is 1. The van der Waals surface area contributed by atoms with E-state index in [0.29, 0.717) is 11.1 Å². The second-order valence-corrected chi connectivity index (χ2v) is 4.43. The molecule has 98 valence electrons. The zero-order chi connectivity index (χ0) is 13.9. The minimum Gasteiger partial charge on any atom is -0.496 e. The quantitative estimate of drug-likeness (QED) is 0.679. The predicted octanol–water partition coefficient (Wildman–Crippen LogP) is 3.47. The van der Waals surface area contributed by atoms with Crippen LogP contribution >= 0.6 is 0 Å². The van der Waals surface area contributed by atoms with Crippen molar-refractivity contribution in [2.45, 2.75) is 0 Å². The van der Waals surface area contributed by atoms with Crippen molar-refractivity contribution >= 4 is 16.6 Å². The Hall–Kier alpha value is -2.68. The number of fused-ring (bicyclic) bond motifs is 1. The van der Waals surface area contributed by atoms with E-state index in [0.717, 1.165) is 16.5 Å². The first-order valence-corrected chi connectivity index (χ1v) is 6.31. The Morgan fingerprint density at radius 2 is 1.80 bits per heavy atom. The minimum absolute atomic E-state index is 0.0306. The smallest absolute Gasteiger partial charge is 0.195 e. The van der Waals surface area contributed by atoms with Gasteiger partial charge in [-0.15, -0.1) is 0 Å². The van der Waals surface area contributed by atoms with Gasteiger partial charge in [0.2, 0.25) is 0 Å². The molecule has 3 nitrogen and oxygen atoms in total. The van der Waals surface area contributed by atoms with Crippen LogP contribution in [0, 0.1) is 0 Å². The highest BCUT2D eigenvalue weighted by Crippen LogP contribution is 2.29. The number of rotatable bonds is 3. The van der Waals surface area contributed by atoms with Crippen LogP contribution < -0.4 is 4.74 Å². The molecular formula is C17H13NO2. The summed E-state index contributed by atoms with van der Waals surface area (Å²) in [4.78, 5) is 16.6. The van der Waals surface area contributed by atoms with Gasteiger partial charge in [-0.1, -0.05) is 24.3 Å². The molecule has 0 spiro atoms. The average molecular weight is 263 g/mol. The summed E-state index contributed by atoms with van der Waals surface area (Å²) in [6.45, 7) is 0. The maximum atomic E-state index is 12.6. The topological polar surface area (TPSA) is 39.2 Å². The molecule has 0 atom stereocenters. The Balaban J connectivity index is 2.20. The van der Waals surface area contributed by atoms with E-state index in [-0.39, 0.29) is 5.78 Å². The number of carbonyl (C=O) groups excluding carboxylic acids is 1. The summed E-state index contributed by atoms with van der Waals surface area (Å²) in [7, 11) is 1.63. The van der Waals surface area contributed by atoms with Crippen molar-refractivity contribution in [2.24, 2.45) is 0 Å². The SMILES string of the molecule is COc1ccc(C(=O)c2cccnc2)c2ccccc12. The number of nitrogens with zero attached hydrogens (tertiary/aromatic N) is 1. The Bertz CT molecular complexity index is 766. The number of aromatic nitrogens is 1. The number of pyridine rings is 1. The van der Waals surface area contributed by atoms with Gasteiger partial charge in [0.05, 0.1) is 7.11 Å². The predicted molar refractivity (Wildman–Crippen MR) is 78.2 cm³/mol. The van der Waals surface area contributed by atoms with Crippen molar-refractivity contribution < 1.29 is 9.53 Å². The standard InChI is InChI=1S/C17H13NO2/c1-20-16-9-8-15(13-6-2-3-7-14(13)16)17(19)12-5-4-10-18-11-12/h2-11H,1H3. The Kier molecular flexibility index (Phi) is 3.17. The van der Waals surface area contributed by atoms with Crippen LogP contribution in [0.25, 0.3) is 10.8 Å². The van der Waals surface area contributed by atoms with E-state index >= 15 is 0 Å². The number of hydrogen-bond acceptors (Lipinski definition) is 3. The van der Waals surface area contributed by atoms with Crippen LogP contribution in [0.4, 0.5) is 0 Å². The summed E-state index contributed by atoms with van der Waals surface area (Å²) in [6, 6.07) is 14.9. The molecule has 0 saturated carbocycles. The number of ether oxygens (including phenoxy) is 1. The van der Waals surface area contributed by atoms with E-state index in [1.807, 2.05) is 30.3 Å². The van der Waals surface area contributed by atoms with Crippen molar-refractivity contribution in [1.29, 1.82) is 0 Å². The molecule has 3 aromatic rings. The van der Waals surface area contributed by atoms with Crippen molar-refractivity contribution in [3.8, 4) is 5.75 Å². The summed E-state index contributed by atoms with van der Waals surface area (Å²) in [5.41, 5.74) is 1.25. The lowest BCUT2D eigenvalue weighted by molar-refractivity contribution is 0.104. The summed E-state index contributed by atoms with van der Waals surface area (Å²) in [5.74, 6) is 0.736. The van der Waals surface area contributed by atoms with E-state index in [1.165, 1.54) is 0 Å². The Morgan fingerprint density at radius 1 is 1.00 bits per heavy atom. The molecule has 2 aromatic carbocycles. The molecule has 0 N–H and O–H groups in total. The fourth-order valence-electron chi connectivity index (χ4n) is 2.30. The molecule has 0 saturated heterocycles. The lowest BCUT2D eigenvalue weighted by Gasteiger charge is -2.09. The Morgan fingerprint density at radius 3 is 2.50 bits per heavy atom. The van der Waals surface area contributed by atoms with E-state index in [9.17, 15) is 4.79 Å². The van der Waals surface area contributed by atoms with Gasteiger partial charge in [0.1, 0.15) is 5.75 Å². The third kappa shape index (κ3) is 2.03. The lowest BCUT2D eigenvalue weighted by atomic mass is 9.97. The average Bonchev–Trinajstić information content (AvgIpc) is 2.54. The maximum absolute atomic E-state index is 12.6. The minimum atomic E-state index is -0.0306. The maximum Gasteiger partial charge on any atom is 0.195 e. The van der Waals surface area contributed by atoms with Crippen molar-refractivity contribution in [3.05, 3.63) is 72.1 Å².